The number of rotatable bonds is 10. The number of aliphatic imine (C=N–C) groups is 1. The van der Waals surface area contributed by atoms with E-state index < -0.39 is 12.0 Å². The van der Waals surface area contributed by atoms with Crippen LogP contribution in [0.15, 0.2) is 69.8 Å². The van der Waals surface area contributed by atoms with Crippen molar-refractivity contribution in [3.63, 3.8) is 0 Å². The fourth-order valence-electron chi connectivity index (χ4n) is 4.51. The molecule has 2 aromatic rings. The van der Waals surface area contributed by atoms with E-state index in [-0.39, 0.29) is 32.3 Å². The van der Waals surface area contributed by atoms with E-state index >= 15 is 0 Å². The zero-order valence-corrected chi connectivity index (χ0v) is 22.7. The molecular weight excluding hydrogens is 522 g/mol. The Hall–Kier alpha value is -3.96. The van der Waals surface area contributed by atoms with Gasteiger partial charge < -0.3 is 33.9 Å². The van der Waals surface area contributed by atoms with Gasteiger partial charge in [0.05, 0.1) is 37.4 Å². The number of nitrogens with zero attached hydrogens (tertiary/aromatic N) is 2. The molecule has 0 radical (unpaired) electrons. The second-order valence-electron chi connectivity index (χ2n) is 8.94. The van der Waals surface area contributed by atoms with Crippen LogP contribution in [0.1, 0.15) is 30.5 Å². The summed E-state index contributed by atoms with van der Waals surface area (Å²) in [6.07, 6.45) is 0.105. The summed E-state index contributed by atoms with van der Waals surface area (Å²) in [6.45, 7) is 2.74. The molecule has 0 bridgehead atoms. The van der Waals surface area contributed by atoms with Crippen LogP contribution in [0.2, 0.25) is 0 Å². The van der Waals surface area contributed by atoms with Gasteiger partial charge in [0.25, 0.3) is 0 Å². The molecular formula is C28H29N3O7S. The van der Waals surface area contributed by atoms with Crippen LogP contribution in [0, 0.1) is 0 Å². The lowest BCUT2D eigenvalue weighted by Gasteiger charge is -2.36. The molecule has 1 amide bonds. The molecule has 2 aromatic carbocycles. The Bertz CT molecular complexity index is 1350. The van der Waals surface area contributed by atoms with Crippen molar-refractivity contribution >= 4 is 28.8 Å². The van der Waals surface area contributed by atoms with E-state index in [1.54, 1.807) is 21.1 Å². The number of methoxy groups -OCH3 is 2. The monoisotopic (exact) mass is 551 g/mol. The molecule has 3 aliphatic heterocycles. The quantitative estimate of drug-likeness (QED) is 0.348. The Morgan fingerprint density at radius 2 is 1.90 bits per heavy atom. The molecule has 204 valence electrons. The number of allylic oxidation sites excluding steroid dienone is 1. The van der Waals surface area contributed by atoms with Crippen molar-refractivity contribution in [1.29, 1.82) is 0 Å². The SMILES string of the molecule is COCCOC(=O)C1=C(C)N=C2SC=C(CC(=O)NCc3ccc4c(c3)OCO4)N2C1c1ccc(OC)cc1. The molecule has 39 heavy (non-hydrogen) atoms. The molecule has 0 saturated carbocycles. The average Bonchev–Trinajstić information content (AvgIpc) is 3.57. The summed E-state index contributed by atoms with van der Waals surface area (Å²) in [7, 11) is 3.15. The van der Waals surface area contributed by atoms with E-state index in [9.17, 15) is 9.59 Å². The molecule has 0 aromatic heterocycles. The van der Waals surface area contributed by atoms with Gasteiger partial charge in [0.1, 0.15) is 12.4 Å². The average molecular weight is 552 g/mol. The first-order chi connectivity index (χ1) is 19.0. The molecule has 0 spiro atoms. The highest BCUT2D eigenvalue weighted by molar-refractivity contribution is 8.16. The lowest BCUT2D eigenvalue weighted by molar-refractivity contribution is -0.141. The van der Waals surface area contributed by atoms with Crippen molar-refractivity contribution in [2.75, 3.05) is 34.2 Å². The Morgan fingerprint density at radius 1 is 1.10 bits per heavy atom. The van der Waals surface area contributed by atoms with Crippen molar-refractivity contribution in [3.05, 3.63) is 76.0 Å². The molecule has 5 rings (SSSR count). The zero-order valence-electron chi connectivity index (χ0n) is 21.9. The largest absolute Gasteiger partial charge is 0.497 e. The molecule has 11 heteroatoms. The number of hydrogen-bond donors (Lipinski definition) is 1. The van der Waals surface area contributed by atoms with Crippen LogP contribution in [-0.4, -0.2) is 56.2 Å². The summed E-state index contributed by atoms with van der Waals surface area (Å²) in [4.78, 5) is 32.9. The van der Waals surface area contributed by atoms with Crippen molar-refractivity contribution < 1.29 is 33.3 Å². The van der Waals surface area contributed by atoms with Gasteiger partial charge in [-0.15, -0.1) is 0 Å². The Morgan fingerprint density at radius 3 is 2.67 bits per heavy atom. The van der Waals surface area contributed by atoms with E-state index in [2.05, 4.69) is 10.3 Å². The van der Waals surface area contributed by atoms with Crippen LogP contribution >= 0.6 is 11.8 Å². The number of carbonyl (C=O) groups is 2. The third-order valence-electron chi connectivity index (χ3n) is 6.44. The molecule has 3 heterocycles. The molecule has 10 nitrogen and oxygen atoms in total. The predicted molar refractivity (Wildman–Crippen MR) is 145 cm³/mol. The number of fused-ring (bicyclic) bond motifs is 2. The van der Waals surface area contributed by atoms with E-state index in [1.165, 1.54) is 11.8 Å². The summed E-state index contributed by atoms with van der Waals surface area (Å²) >= 11 is 1.42. The Balaban J connectivity index is 1.36. The van der Waals surface area contributed by atoms with E-state index in [4.69, 9.17) is 23.7 Å². The molecule has 1 atom stereocenters. The van der Waals surface area contributed by atoms with Gasteiger partial charge in [-0.1, -0.05) is 30.0 Å². The number of nitrogens with one attached hydrogen (secondary N) is 1. The maximum Gasteiger partial charge on any atom is 0.338 e. The zero-order chi connectivity index (χ0) is 27.4. The lowest BCUT2D eigenvalue weighted by Crippen LogP contribution is -2.38. The highest BCUT2D eigenvalue weighted by Gasteiger charge is 2.41. The third kappa shape index (κ3) is 5.74. The molecule has 0 saturated heterocycles. The Labute approximate surface area is 230 Å². The fraction of sp³-hybridized carbons (Fsp3) is 0.321. The second-order valence-corrected chi connectivity index (χ2v) is 9.77. The first-order valence-corrected chi connectivity index (χ1v) is 13.3. The molecule has 1 N–H and O–H groups in total. The maximum absolute atomic E-state index is 13.3. The van der Waals surface area contributed by atoms with Gasteiger partial charge >= 0.3 is 5.97 Å². The lowest BCUT2D eigenvalue weighted by atomic mass is 9.93. The normalized spacial score (nSPS) is 17.4. The number of carbonyl (C=O) groups excluding carboxylic acids is 2. The van der Waals surface area contributed by atoms with Crippen molar-refractivity contribution in [2.24, 2.45) is 4.99 Å². The third-order valence-corrected chi connectivity index (χ3v) is 7.33. The first kappa shape index (κ1) is 26.6. The van der Waals surface area contributed by atoms with E-state index in [1.807, 2.05) is 52.8 Å². The van der Waals surface area contributed by atoms with E-state index in [0.29, 0.717) is 40.2 Å². The standard InChI is InChI=1S/C28H29N3O7S/c1-17-25(27(33)36-11-10-34-2)26(19-5-7-21(35-3)8-6-19)31-20(15-39-28(31)30-17)13-24(32)29-14-18-4-9-22-23(12-18)38-16-37-22/h4-9,12,15,26H,10-11,13-14,16H2,1-3H3,(H,29,32). The number of esters is 1. The summed E-state index contributed by atoms with van der Waals surface area (Å²) in [6, 6.07) is 12.5. The smallest absolute Gasteiger partial charge is 0.338 e. The first-order valence-electron chi connectivity index (χ1n) is 12.4. The number of ether oxygens (including phenoxy) is 5. The number of amides is 1. The van der Waals surface area contributed by atoms with Crippen LogP contribution in [0.5, 0.6) is 17.2 Å². The molecule has 1 unspecified atom stereocenters. The Kier molecular flexibility index (Phi) is 8.08. The van der Waals surface area contributed by atoms with Gasteiger partial charge in [0, 0.05) is 19.4 Å². The van der Waals surface area contributed by atoms with Gasteiger partial charge in [-0.3, -0.25) is 4.79 Å². The number of benzene rings is 2. The molecule has 0 fully saturated rings. The van der Waals surface area contributed by atoms with Crippen LogP contribution in [0.25, 0.3) is 0 Å². The van der Waals surface area contributed by atoms with Crippen LogP contribution in [-0.2, 0) is 25.6 Å². The summed E-state index contributed by atoms with van der Waals surface area (Å²) in [5, 5.41) is 5.57. The van der Waals surface area contributed by atoms with Crippen molar-refractivity contribution in [1.82, 2.24) is 10.2 Å². The fourth-order valence-corrected chi connectivity index (χ4v) is 5.47. The maximum atomic E-state index is 13.3. The van der Waals surface area contributed by atoms with E-state index in [0.717, 1.165) is 16.8 Å². The van der Waals surface area contributed by atoms with Gasteiger partial charge in [-0.05, 0) is 47.7 Å². The topological polar surface area (TPSA) is 108 Å². The van der Waals surface area contributed by atoms with Gasteiger partial charge in [-0.2, -0.15) is 0 Å². The summed E-state index contributed by atoms with van der Waals surface area (Å²) in [5.41, 5.74) is 3.46. The minimum Gasteiger partial charge on any atom is -0.497 e. The minimum atomic E-state index is -0.527. The number of thioether (sulfide) groups is 1. The summed E-state index contributed by atoms with van der Waals surface area (Å²) < 4.78 is 26.6. The van der Waals surface area contributed by atoms with Crippen molar-refractivity contribution in [3.8, 4) is 17.2 Å². The highest BCUT2D eigenvalue weighted by atomic mass is 32.2. The van der Waals surface area contributed by atoms with Crippen LogP contribution < -0.4 is 19.5 Å². The van der Waals surface area contributed by atoms with Gasteiger partial charge in [0.15, 0.2) is 16.7 Å². The number of hydrogen-bond acceptors (Lipinski definition) is 10. The van der Waals surface area contributed by atoms with Crippen LogP contribution in [0.4, 0.5) is 0 Å². The second kappa shape index (κ2) is 11.8. The predicted octanol–water partition coefficient (Wildman–Crippen LogP) is 3.89. The van der Waals surface area contributed by atoms with Gasteiger partial charge in [0.2, 0.25) is 12.7 Å². The highest BCUT2D eigenvalue weighted by Crippen LogP contribution is 2.45. The molecule has 0 aliphatic carbocycles. The molecule has 3 aliphatic rings. The summed E-state index contributed by atoms with van der Waals surface area (Å²) in [5.74, 6) is 1.42. The number of amidine groups is 1. The van der Waals surface area contributed by atoms with Gasteiger partial charge in [-0.25, -0.2) is 9.79 Å². The van der Waals surface area contributed by atoms with Crippen molar-refractivity contribution in [2.45, 2.75) is 25.9 Å². The minimum absolute atomic E-state index is 0.105. The van der Waals surface area contributed by atoms with Crippen LogP contribution in [0.3, 0.4) is 0 Å².